The Morgan fingerprint density at radius 2 is 1.88 bits per heavy atom. The van der Waals surface area contributed by atoms with Gasteiger partial charge < -0.3 is 20.1 Å². The molecule has 1 amide bonds. The van der Waals surface area contributed by atoms with Gasteiger partial charge in [0, 0.05) is 30.3 Å². The van der Waals surface area contributed by atoms with Crippen molar-refractivity contribution in [1.82, 2.24) is 5.32 Å². The van der Waals surface area contributed by atoms with Crippen LogP contribution in [0.25, 0.3) is 0 Å². The third-order valence-corrected chi connectivity index (χ3v) is 2.69. The average Bonchev–Trinajstić information content (AvgIpc) is 2.74. The Hall–Kier alpha value is -1.91. The number of carbonyl (C=O) groups is 1. The molecule has 0 bridgehead atoms. The van der Waals surface area contributed by atoms with Crippen LogP contribution in [0.2, 0.25) is 0 Å². The van der Waals surface area contributed by atoms with Crippen LogP contribution in [0.1, 0.15) is 12.8 Å². The largest absolute Gasteiger partial charge is 0.497 e. The quantitative estimate of drug-likeness (QED) is 0.828. The first-order valence-corrected chi connectivity index (χ1v) is 5.50. The van der Waals surface area contributed by atoms with Crippen molar-refractivity contribution in [3.05, 3.63) is 18.2 Å². The van der Waals surface area contributed by atoms with Gasteiger partial charge in [0.1, 0.15) is 11.5 Å². The number of hydrogen-bond acceptors (Lipinski definition) is 4. The minimum Gasteiger partial charge on any atom is -0.497 e. The summed E-state index contributed by atoms with van der Waals surface area (Å²) in [5.41, 5.74) is 0.869. The number of hydrogen-bond donors (Lipinski definition) is 2. The van der Waals surface area contributed by atoms with Gasteiger partial charge in [-0.2, -0.15) is 0 Å². The van der Waals surface area contributed by atoms with E-state index in [2.05, 4.69) is 10.6 Å². The summed E-state index contributed by atoms with van der Waals surface area (Å²) in [6.07, 6.45) is 1.34. The molecule has 0 aromatic heterocycles. The Bertz CT molecular complexity index is 398. The van der Waals surface area contributed by atoms with Crippen LogP contribution in [0, 0.1) is 0 Å². The number of amides is 1. The Labute approximate surface area is 100 Å². The second kappa shape index (κ2) is 4.95. The van der Waals surface area contributed by atoms with E-state index in [4.69, 9.17) is 9.47 Å². The molecule has 1 unspecified atom stereocenters. The number of ether oxygens (including phenoxy) is 2. The highest BCUT2D eigenvalue weighted by molar-refractivity contribution is 5.79. The Morgan fingerprint density at radius 1 is 1.24 bits per heavy atom. The number of anilines is 1. The SMILES string of the molecule is COc1cc(NC2CCC(=O)N2)cc(OC)c1. The molecule has 5 heteroatoms. The topological polar surface area (TPSA) is 59.6 Å². The summed E-state index contributed by atoms with van der Waals surface area (Å²) >= 11 is 0. The van der Waals surface area contributed by atoms with Gasteiger partial charge in [-0.05, 0) is 6.42 Å². The standard InChI is InChI=1S/C12H16N2O3/c1-16-9-5-8(6-10(7-9)17-2)13-11-3-4-12(15)14-11/h5-7,11,13H,3-4H2,1-2H3,(H,14,15). The zero-order valence-corrected chi connectivity index (χ0v) is 9.95. The predicted octanol–water partition coefficient (Wildman–Crippen LogP) is 1.35. The van der Waals surface area contributed by atoms with Gasteiger partial charge in [-0.15, -0.1) is 0 Å². The van der Waals surface area contributed by atoms with Crippen molar-refractivity contribution in [3.8, 4) is 11.5 Å². The lowest BCUT2D eigenvalue weighted by Crippen LogP contribution is -2.32. The minimum atomic E-state index is -0.0145. The molecular formula is C12H16N2O3. The summed E-state index contributed by atoms with van der Waals surface area (Å²) in [5.74, 6) is 1.52. The van der Waals surface area contributed by atoms with E-state index in [-0.39, 0.29) is 12.1 Å². The summed E-state index contributed by atoms with van der Waals surface area (Å²) in [6.45, 7) is 0. The number of rotatable bonds is 4. The second-order valence-electron chi connectivity index (χ2n) is 3.90. The molecule has 1 aromatic carbocycles. The molecular weight excluding hydrogens is 220 g/mol. The molecule has 1 atom stereocenters. The van der Waals surface area contributed by atoms with Gasteiger partial charge in [0.2, 0.25) is 5.91 Å². The highest BCUT2D eigenvalue weighted by Gasteiger charge is 2.20. The zero-order chi connectivity index (χ0) is 12.3. The molecule has 92 valence electrons. The van der Waals surface area contributed by atoms with Gasteiger partial charge in [-0.1, -0.05) is 0 Å². The number of benzene rings is 1. The summed E-state index contributed by atoms with van der Waals surface area (Å²) < 4.78 is 10.4. The van der Waals surface area contributed by atoms with Crippen LogP contribution < -0.4 is 20.1 Å². The first kappa shape index (κ1) is 11.6. The summed E-state index contributed by atoms with van der Waals surface area (Å²) in [6, 6.07) is 5.54. The molecule has 1 fully saturated rings. The van der Waals surface area contributed by atoms with Crippen LogP contribution in [-0.2, 0) is 4.79 Å². The Morgan fingerprint density at radius 3 is 2.35 bits per heavy atom. The summed E-state index contributed by atoms with van der Waals surface area (Å²) in [5, 5.41) is 6.07. The van der Waals surface area contributed by atoms with Gasteiger partial charge >= 0.3 is 0 Å². The van der Waals surface area contributed by atoms with Crippen molar-refractivity contribution in [2.45, 2.75) is 19.0 Å². The summed E-state index contributed by atoms with van der Waals surface area (Å²) in [7, 11) is 3.21. The fraction of sp³-hybridized carbons (Fsp3) is 0.417. The van der Waals surface area contributed by atoms with Gasteiger partial charge in [0.25, 0.3) is 0 Å². The molecule has 1 aliphatic heterocycles. The van der Waals surface area contributed by atoms with Gasteiger partial charge in [0.05, 0.1) is 20.4 Å². The normalized spacial score (nSPS) is 18.7. The maximum atomic E-state index is 11.1. The van der Waals surface area contributed by atoms with E-state index in [1.54, 1.807) is 20.3 Å². The van der Waals surface area contributed by atoms with Crippen molar-refractivity contribution in [3.63, 3.8) is 0 Å². The smallest absolute Gasteiger partial charge is 0.221 e. The van der Waals surface area contributed by atoms with E-state index in [1.165, 1.54) is 0 Å². The molecule has 1 aromatic rings. The number of methoxy groups -OCH3 is 2. The van der Waals surface area contributed by atoms with E-state index in [0.29, 0.717) is 6.42 Å². The molecule has 1 aliphatic rings. The maximum Gasteiger partial charge on any atom is 0.221 e. The lowest BCUT2D eigenvalue weighted by Gasteiger charge is -2.15. The highest BCUT2D eigenvalue weighted by atomic mass is 16.5. The van der Waals surface area contributed by atoms with E-state index in [0.717, 1.165) is 23.6 Å². The Balaban J connectivity index is 2.11. The second-order valence-corrected chi connectivity index (χ2v) is 3.90. The molecule has 1 saturated heterocycles. The van der Waals surface area contributed by atoms with Crippen molar-refractivity contribution >= 4 is 11.6 Å². The van der Waals surface area contributed by atoms with Crippen LogP contribution in [0.3, 0.4) is 0 Å². The van der Waals surface area contributed by atoms with E-state index in [1.807, 2.05) is 12.1 Å². The molecule has 1 heterocycles. The van der Waals surface area contributed by atoms with E-state index < -0.39 is 0 Å². The van der Waals surface area contributed by atoms with Crippen LogP contribution in [0.5, 0.6) is 11.5 Å². The van der Waals surface area contributed by atoms with Gasteiger partial charge in [-0.3, -0.25) is 4.79 Å². The molecule has 0 spiro atoms. The van der Waals surface area contributed by atoms with Crippen LogP contribution in [-0.4, -0.2) is 26.3 Å². The Kier molecular flexibility index (Phi) is 3.37. The van der Waals surface area contributed by atoms with Crippen molar-refractivity contribution in [1.29, 1.82) is 0 Å². The van der Waals surface area contributed by atoms with Crippen molar-refractivity contribution in [2.24, 2.45) is 0 Å². The van der Waals surface area contributed by atoms with Gasteiger partial charge in [-0.25, -0.2) is 0 Å². The zero-order valence-electron chi connectivity index (χ0n) is 9.95. The van der Waals surface area contributed by atoms with Crippen LogP contribution in [0.15, 0.2) is 18.2 Å². The highest BCUT2D eigenvalue weighted by Crippen LogP contribution is 2.26. The average molecular weight is 236 g/mol. The lowest BCUT2D eigenvalue weighted by atomic mass is 10.2. The maximum absolute atomic E-state index is 11.1. The fourth-order valence-electron chi connectivity index (χ4n) is 1.81. The molecule has 2 rings (SSSR count). The number of carbonyl (C=O) groups excluding carboxylic acids is 1. The fourth-order valence-corrected chi connectivity index (χ4v) is 1.81. The molecule has 17 heavy (non-hydrogen) atoms. The predicted molar refractivity (Wildman–Crippen MR) is 64.3 cm³/mol. The van der Waals surface area contributed by atoms with Crippen molar-refractivity contribution in [2.75, 3.05) is 19.5 Å². The molecule has 2 N–H and O–H groups in total. The molecule has 0 radical (unpaired) electrons. The summed E-state index contributed by atoms with van der Waals surface area (Å²) in [4.78, 5) is 11.1. The first-order chi connectivity index (χ1) is 8.21. The monoisotopic (exact) mass is 236 g/mol. The molecule has 0 saturated carbocycles. The third-order valence-electron chi connectivity index (χ3n) is 2.69. The third kappa shape index (κ3) is 2.81. The molecule has 0 aliphatic carbocycles. The van der Waals surface area contributed by atoms with E-state index >= 15 is 0 Å². The number of nitrogens with one attached hydrogen (secondary N) is 2. The first-order valence-electron chi connectivity index (χ1n) is 5.50. The van der Waals surface area contributed by atoms with E-state index in [9.17, 15) is 4.79 Å². The minimum absolute atomic E-state index is 0.0145. The van der Waals surface area contributed by atoms with Crippen molar-refractivity contribution < 1.29 is 14.3 Å². The molecule has 5 nitrogen and oxygen atoms in total. The van der Waals surface area contributed by atoms with Crippen LogP contribution in [0.4, 0.5) is 5.69 Å². The van der Waals surface area contributed by atoms with Gasteiger partial charge in [0.15, 0.2) is 0 Å². The van der Waals surface area contributed by atoms with Crippen LogP contribution >= 0.6 is 0 Å². The lowest BCUT2D eigenvalue weighted by molar-refractivity contribution is -0.119.